The predicted molar refractivity (Wildman–Crippen MR) is 135 cm³/mol. The number of nitrogens with one attached hydrogen (secondary N) is 1. The standard InChI is InChI=1S/C27H31ClN4O2/c1-18-9-10-23(13-24(18)28)29-11-6-12-31-14-21-16-32(17-22(21)15-31)27(33)25-19(2)34-30-26(25)20-7-4-3-5-8-20/h3-5,7-10,13,21-22,29H,6,11-12,14-17H2,1-2H3. The van der Waals surface area contributed by atoms with Gasteiger partial charge in [-0.05, 0) is 56.3 Å². The topological polar surface area (TPSA) is 61.6 Å². The summed E-state index contributed by atoms with van der Waals surface area (Å²) in [5.41, 5.74) is 4.32. The van der Waals surface area contributed by atoms with Gasteiger partial charge in [-0.2, -0.15) is 0 Å². The monoisotopic (exact) mass is 478 g/mol. The molecule has 178 valence electrons. The lowest BCUT2D eigenvalue weighted by atomic mass is 10.0. The van der Waals surface area contributed by atoms with Gasteiger partial charge in [-0.3, -0.25) is 4.79 Å². The Balaban J connectivity index is 1.12. The second kappa shape index (κ2) is 9.80. The van der Waals surface area contributed by atoms with Gasteiger partial charge < -0.3 is 19.6 Å². The lowest BCUT2D eigenvalue weighted by Gasteiger charge is -2.22. The average Bonchev–Trinajstić information content (AvgIpc) is 3.52. The highest BCUT2D eigenvalue weighted by atomic mass is 35.5. The van der Waals surface area contributed by atoms with E-state index >= 15 is 0 Å². The van der Waals surface area contributed by atoms with Gasteiger partial charge in [0.05, 0.1) is 0 Å². The molecule has 2 atom stereocenters. The lowest BCUT2D eigenvalue weighted by molar-refractivity contribution is 0.0773. The van der Waals surface area contributed by atoms with E-state index in [0.717, 1.165) is 67.5 Å². The number of carbonyl (C=O) groups is 1. The number of likely N-dealkylation sites (tertiary alicyclic amines) is 2. The zero-order valence-electron chi connectivity index (χ0n) is 19.8. The maximum Gasteiger partial charge on any atom is 0.259 e. The van der Waals surface area contributed by atoms with E-state index in [9.17, 15) is 4.79 Å². The number of nitrogens with zero attached hydrogens (tertiary/aromatic N) is 3. The van der Waals surface area contributed by atoms with Crippen LogP contribution >= 0.6 is 11.6 Å². The summed E-state index contributed by atoms with van der Waals surface area (Å²) in [6, 6.07) is 15.9. The smallest absolute Gasteiger partial charge is 0.259 e. The molecular weight excluding hydrogens is 448 g/mol. The maximum atomic E-state index is 13.4. The van der Waals surface area contributed by atoms with Crippen molar-refractivity contribution in [1.29, 1.82) is 0 Å². The number of carbonyl (C=O) groups excluding carboxylic acids is 1. The molecule has 5 rings (SSSR count). The Hall–Kier alpha value is -2.83. The van der Waals surface area contributed by atoms with Crippen LogP contribution in [0.5, 0.6) is 0 Å². The van der Waals surface area contributed by atoms with Crippen LogP contribution in [-0.4, -0.2) is 60.1 Å². The van der Waals surface area contributed by atoms with Gasteiger partial charge in [0.15, 0.2) is 0 Å². The van der Waals surface area contributed by atoms with E-state index in [0.29, 0.717) is 28.9 Å². The zero-order valence-corrected chi connectivity index (χ0v) is 20.5. The molecule has 1 amide bonds. The number of rotatable bonds is 7. The molecule has 0 saturated carbocycles. The summed E-state index contributed by atoms with van der Waals surface area (Å²) in [6.45, 7) is 9.54. The number of hydrogen-bond donors (Lipinski definition) is 1. The number of halogens is 1. The number of amides is 1. The van der Waals surface area contributed by atoms with Crippen LogP contribution in [-0.2, 0) is 0 Å². The Morgan fingerprint density at radius 1 is 1.09 bits per heavy atom. The van der Waals surface area contributed by atoms with Crippen LogP contribution < -0.4 is 5.32 Å². The van der Waals surface area contributed by atoms with Gasteiger partial charge >= 0.3 is 0 Å². The van der Waals surface area contributed by atoms with Crippen LogP contribution in [0.15, 0.2) is 53.1 Å². The number of anilines is 1. The SMILES string of the molecule is Cc1ccc(NCCCN2CC3CN(C(=O)c4c(-c5ccccc5)noc4C)CC3C2)cc1Cl. The lowest BCUT2D eigenvalue weighted by Crippen LogP contribution is -2.34. The third kappa shape index (κ3) is 4.70. The van der Waals surface area contributed by atoms with Crippen molar-refractivity contribution in [2.75, 3.05) is 44.6 Å². The van der Waals surface area contributed by atoms with Crippen LogP contribution in [0, 0.1) is 25.7 Å². The molecule has 2 fully saturated rings. The number of aromatic nitrogens is 1. The van der Waals surface area contributed by atoms with E-state index in [1.807, 2.05) is 61.2 Å². The minimum absolute atomic E-state index is 0.0412. The third-order valence-electron chi connectivity index (χ3n) is 7.12. The summed E-state index contributed by atoms with van der Waals surface area (Å²) in [4.78, 5) is 18.0. The highest BCUT2D eigenvalue weighted by Gasteiger charge is 2.42. The second-order valence-electron chi connectivity index (χ2n) is 9.56. The van der Waals surface area contributed by atoms with Gasteiger partial charge in [-0.25, -0.2) is 0 Å². The first kappa shape index (κ1) is 22.9. The fraction of sp³-hybridized carbons (Fsp3) is 0.407. The summed E-state index contributed by atoms with van der Waals surface area (Å²) in [7, 11) is 0. The van der Waals surface area contributed by atoms with Crippen LogP contribution in [0.4, 0.5) is 5.69 Å². The summed E-state index contributed by atoms with van der Waals surface area (Å²) in [5.74, 6) is 1.70. The Morgan fingerprint density at radius 2 is 1.82 bits per heavy atom. The largest absolute Gasteiger partial charge is 0.385 e. The molecule has 6 nitrogen and oxygen atoms in total. The van der Waals surface area contributed by atoms with Crippen LogP contribution in [0.1, 0.15) is 28.1 Å². The van der Waals surface area contributed by atoms with Gasteiger partial charge in [-0.15, -0.1) is 0 Å². The summed E-state index contributed by atoms with van der Waals surface area (Å²) >= 11 is 6.21. The Kier molecular flexibility index (Phi) is 6.61. The molecule has 0 radical (unpaired) electrons. The molecule has 1 aromatic heterocycles. The van der Waals surface area contributed by atoms with Gasteiger partial charge in [-0.1, -0.05) is 53.2 Å². The fourth-order valence-electron chi connectivity index (χ4n) is 5.25. The van der Waals surface area contributed by atoms with Gasteiger partial charge in [0.2, 0.25) is 0 Å². The van der Waals surface area contributed by atoms with Crippen LogP contribution in [0.3, 0.4) is 0 Å². The Labute approximate surface area is 205 Å². The van der Waals surface area contributed by atoms with E-state index in [1.54, 1.807) is 0 Å². The summed E-state index contributed by atoms with van der Waals surface area (Å²) < 4.78 is 5.42. The third-order valence-corrected chi connectivity index (χ3v) is 7.53. The first-order valence-electron chi connectivity index (χ1n) is 12.0. The van der Waals surface area contributed by atoms with Crippen molar-refractivity contribution >= 4 is 23.2 Å². The van der Waals surface area contributed by atoms with E-state index in [2.05, 4.69) is 21.4 Å². The minimum atomic E-state index is 0.0412. The molecule has 3 aromatic rings. The van der Waals surface area contributed by atoms with Crippen molar-refractivity contribution in [3.05, 3.63) is 70.4 Å². The summed E-state index contributed by atoms with van der Waals surface area (Å²) in [5, 5.41) is 8.46. The molecule has 2 aromatic carbocycles. The highest BCUT2D eigenvalue weighted by Crippen LogP contribution is 2.34. The van der Waals surface area contributed by atoms with Crippen molar-refractivity contribution in [3.8, 4) is 11.3 Å². The molecule has 2 aliphatic heterocycles. The molecule has 0 aliphatic carbocycles. The van der Waals surface area contributed by atoms with E-state index < -0.39 is 0 Å². The van der Waals surface area contributed by atoms with Crippen LogP contribution in [0.2, 0.25) is 5.02 Å². The van der Waals surface area contributed by atoms with Crippen molar-refractivity contribution in [2.45, 2.75) is 20.3 Å². The number of fused-ring (bicyclic) bond motifs is 1. The molecule has 0 bridgehead atoms. The van der Waals surface area contributed by atoms with Gasteiger partial charge in [0, 0.05) is 49.0 Å². The van der Waals surface area contributed by atoms with E-state index in [-0.39, 0.29) is 5.91 Å². The summed E-state index contributed by atoms with van der Waals surface area (Å²) in [6.07, 6.45) is 1.08. The zero-order chi connectivity index (χ0) is 23.7. The fourth-order valence-corrected chi connectivity index (χ4v) is 5.43. The molecule has 7 heteroatoms. The normalized spacial score (nSPS) is 20.0. The highest BCUT2D eigenvalue weighted by molar-refractivity contribution is 6.31. The molecule has 2 saturated heterocycles. The first-order valence-corrected chi connectivity index (χ1v) is 12.4. The molecular formula is C27H31ClN4O2. The molecule has 1 N–H and O–H groups in total. The van der Waals surface area contributed by atoms with Crippen molar-refractivity contribution < 1.29 is 9.32 Å². The minimum Gasteiger partial charge on any atom is -0.385 e. The molecule has 0 spiro atoms. The van der Waals surface area contributed by atoms with Crippen molar-refractivity contribution in [2.24, 2.45) is 11.8 Å². The molecule has 3 heterocycles. The first-order chi connectivity index (χ1) is 16.5. The quantitative estimate of drug-likeness (QED) is 0.478. The molecule has 34 heavy (non-hydrogen) atoms. The van der Waals surface area contributed by atoms with Crippen LogP contribution in [0.25, 0.3) is 11.3 Å². The molecule has 2 aliphatic rings. The molecule has 2 unspecified atom stereocenters. The Bertz CT molecular complexity index is 1150. The number of benzene rings is 2. The van der Waals surface area contributed by atoms with Crippen molar-refractivity contribution in [1.82, 2.24) is 15.0 Å². The second-order valence-corrected chi connectivity index (χ2v) is 9.97. The van der Waals surface area contributed by atoms with Gasteiger partial charge in [0.25, 0.3) is 5.91 Å². The number of aryl methyl sites for hydroxylation is 2. The number of hydrogen-bond acceptors (Lipinski definition) is 5. The predicted octanol–water partition coefficient (Wildman–Crippen LogP) is 5.12. The maximum absolute atomic E-state index is 13.4. The average molecular weight is 479 g/mol. The van der Waals surface area contributed by atoms with Crippen molar-refractivity contribution in [3.63, 3.8) is 0 Å². The Morgan fingerprint density at radius 3 is 2.53 bits per heavy atom. The van der Waals surface area contributed by atoms with E-state index in [1.165, 1.54) is 0 Å². The van der Waals surface area contributed by atoms with E-state index in [4.69, 9.17) is 16.1 Å². The van der Waals surface area contributed by atoms with Gasteiger partial charge in [0.1, 0.15) is 17.0 Å².